The van der Waals surface area contributed by atoms with E-state index in [4.69, 9.17) is 22.1 Å². The number of carbonyl (C=O) groups excluding carboxylic acids is 1. The van der Waals surface area contributed by atoms with Crippen LogP contribution in [0, 0.1) is 6.92 Å². The number of pyridine rings is 1. The minimum absolute atomic E-state index is 0.0398. The highest BCUT2D eigenvalue weighted by Gasteiger charge is 2.40. The van der Waals surface area contributed by atoms with Gasteiger partial charge in [-0.3, -0.25) is 9.59 Å². The monoisotopic (exact) mass is 462 g/mol. The highest BCUT2D eigenvalue weighted by atomic mass is 35.5. The molecule has 5 rings (SSSR count). The van der Waals surface area contributed by atoms with Gasteiger partial charge in [0.2, 0.25) is 0 Å². The number of nitrogens with two attached hydrogens (primary N) is 1. The Morgan fingerprint density at radius 2 is 1.82 bits per heavy atom. The lowest BCUT2D eigenvalue weighted by Crippen LogP contribution is -2.38. The molecule has 2 N–H and O–H groups in total. The van der Waals surface area contributed by atoms with Crippen LogP contribution < -0.4 is 16.9 Å². The summed E-state index contributed by atoms with van der Waals surface area (Å²) in [5.41, 5.74) is 7.29. The maximum Gasteiger partial charge on any atom is 0.340 e. The van der Waals surface area contributed by atoms with Gasteiger partial charge in [0.25, 0.3) is 11.1 Å². The number of benzene rings is 2. The van der Waals surface area contributed by atoms with Crippen molar-refractivity contribution in [3.8, 4) is 0 Å². The molecule has 0 radical (unpaired) electrons. The Bertz CT molecular complexity index is 1630. The molecule has 1 atom stereocenters. The third-order valence-corrected chi connectivity index (χ3v) is 6.07. The number of nitrogens with zero attached hydrogens (tertiary/aromatic N) is 3. The van der Waals surface area contributed by atoms with E-state index in [1.165, 1.54) is 0 Å². The molecule has 0 aliphatic carbocycles. The number of ether oxygens (including phenoxy) is 1. The van der Waals surface area contributed by atoms with Crippen LogP contribution in [0.2, 0.25) is 5.15 Å². The molecule has 0 saturated carbocycles. The van der Waals surface area contributed by atoms with E-state index in [0.717, 1.165) is 20.3 Å². The summed E-state index contributed by atoms with van der Waals surface area (Å²) in [4.78, 5) is 44.3. The highest BCUT2D eigenvalue weighted by Crippen LogP contribution is 2.38. The normalized spacial score (nSPS) is 15.3. The SMILES string of the molecule is CCOC(=O)C1=C(N)n2c(=O)c3ccccc3c(=O)n2C1c1cc2cc(C)ccc2nc1Cl. The summed E-state index contributed by atoms with van der Waals surface area (Å²) >= 11 is 6.57. The molecule has 1 aliphatic rings. The van der Waals surface area contributed by atoms with Gasteiger partial charge in [-0.1, -0.05) is 35.4 Å². The number of rotatable bonds is 3. The van der Waals surface area contributed by atoms with Crippen molar-refractivity contribution in [1.29, 1.82) is 0 Å². The van der Waals surface area contributed by atoms with Gasteiger partial charge < -0.3 is 10.5 Å². The number of fused-ring (bicyclic) bond motifs is 3. The van der Waals surface area contributed by atoms with Gasteiger partial charge in [0.1, 0.15) is 22.6 Å². The van der Waals surface area contributed by atoms with Crippen molar-refractivity contribution in [2.75, 3.05) is 6.61 Å². The molecule has 9 heteroatoms. The molecular formula is C24H19ClN4O4. The maximum absolute atomic E-state index is 13.6. The summed E-state index contributed by atoms with van der Waals surface area (Å²) in [6.45, 7) is 3.69. The number of carbonyl (C=O) groups is 1. The first kappa shape index (κ1) is 21.0. The van der Waals surface area contributed by atoms with Gasteiger partial charge in [-0.05, 0) is 44.2 Å². The highest BCUT2D eigenvalue weighted by molar-refractivity contribution is 6.30. The lowest BCUT2D eigenvalue weighted by atomic mass is 9.99. The Morgan fingerprint density at radius 1 is 1.12 bits per heavy atom. The first-order chi connectivity index (χ1) is 15.8. The number of hydrogen-bond donors (Lipinski definition) is 1. The van der Waals surface area contributed by atoms with E-state index >= 15 is 0 Å². The second-order valence-corrected chi connectivity index (χ2v) is 8.16. The molecule has 4 aromatic rings. The Kier molecular flexibility index (Phi) is 4.83. The molecule has 1 unspecified atom stereocenters. The molecule has 0 amide bonds. The number of halogens is 1. The quantitative estimate of drug-likeness (QED) is 0.370. The average molecular weight is 463 g/mol. The lowest BCUT2D eigenvalue weighted by Gasteiger charge is -2.19. The van der Waals surface area contributed by atoms with Crippen molar-refractivity contribution >= 4 is 45.1 Å². The van der Waals surface area contributed by atoms with Crippen molar-refractivity contribution in [3.05, 3.63) is 91.1 Å². The van der Waals surface area contributed by atoms with Gasteiger partial charge >= 0.3 is 5.97 Å². The molecule has 0 bridgehead atoms. The van der Waals surface area contributed by atoms with Crippen molar-refractivity contribution in [1.82, 2.24) is 14.3 Å². The fraction of sp³-hybridized carbons (Fsp3) is 0.167. The zero-order valence-electron chi connectivity index (χ0n) is 17.8. The Hall–Kier alpha value is -3.91. The van der Waals surface area contributed by atoms with Crippen LogP contribution in [0.3, 0.4) is 0 Å². The maximum atomic E-state index is 13.6. The van der Waals surface area contributed by atoms with E-state index in [1.807, 2.05) is 25.1 Å². The van der Waals surface area contributed by atoms with Gasteiger partial charge in [0, 0.05) is 10.9 Å². The molecule has 0 spiro atoms. The van der Waals surface area contributed by atoms with E-state index in [2.05, 4.69) is 4.98 Å². The third kappa shape index (κ3) is 3.06. The van der Waals surface area contributed by atoms with Gasteiger partial charge in [-0.25, -0.2) is 14.5 Å². The zero-order chi connectivity index (χ0) is 23.4. The van der Waals surface area contributed by atoms with E-state index in [1.54, 1.807) is 37.3 Å². The van der Waals surface area contributed by atoms with E-state index in [0.29, 0.717) is 11.1 Å². The van der Waals surface area contributed by atoms with Crippen LogP contribution in [-0.4, -0.2) is 26.9 Å². The fourth-order valence-electron chi connectivity index (χ4n) is 4.31. The van der Waals surface area contributed by atoms with Crippen molar-refractivity contribution in [2.24, 2.45) is 5.73 Å². The Balaban J connectivity index is 1.90. The molecule has 3 heterocycles. The van der Waals surface area contributed by atoms with Gasteiger partial charge in [-0.15, -0.1) is 0 Å². The average Bonchev–Trinajstić information content (AvgIpc) is 3.10. The third-order valence-electron chi connectivity index (χ3n) is 5.77. The molecule has 0 fully saturated rings. The van der Waals surface area contributed by atoms with Crippen LogP contribution in [0.1, 0.15) is 24.1 Å². The number of aryl methyl sites for hydroxylation is 1. The van der Waals surface area contributed by atoms with Crippen LogP contribution in [0.5, 0.6) is 0 Å². The Morgan fingerprint density at radius 3 is 2.52 bits per heavy atom. The van der Waals surface area contributed by atoms with Crippen LogP contribution in [0.15, 0.2) is 63.7 Å². The standard InChI is InChI=1S/C24H19ClN4O4/c1-3-33-24(32)18-19(16-11-13-10-12(2)8-9-17(13)27-20(16)25)28-22(30)14-6-4-5-7-15(14)23(31)29(28)21(18)26/h4-11,19H,3,26H2,1-2H3. The molecule has 33 heavy (non-hydrogen) atoms. The van der Waals surface area contributed by atoms with Gasteiger partial charge in [0.05, 0.1) is 22.9 Å². The van der Waals surface area contributed by atoms with Crippen LogP contribution in [0.4, 0.5) is 0 Å². The van der Waals surface area contributed by atoms with Gasteiger partial charge in [-0.2, -0.15) is 4.68 Å². The molecule has 166 valence electrons. The predicted molar refractivity (Wildman–Crippen MR) is 126 cm³/mol. The summed E-state index contributed by atoms with van der Waals surface area (Å²) in [5, 5.41) is 1.27. The minimum Gasteiger partial charge on any atom is -0.462 e. The zero-order valence-corrected chi connectivity index (χ0v) is 18.6. The molecule has 2 aromatic carbocycles. The fourth-order valence-corrected chi connectivity index (χ4v) is 4.56. The van der Waals surface area contributed by atoms with E-state index < -0.39 is 23.1 Å². The van der Waals surface area contributed by atoms with Crippen molar-refractivity contribution in [3.63, 3.8) is 0 Å². The lowest BCUT2D eigenvalue weighted by molar-refractivity contribution is -0.138. The number of aromatic nitrogens is 3. The molecule has 8 nitrogen and oxygen atoms in total. The largest absolute Gasteiger partial charge is 0.462 e. The van der Waals surface area contributed by atoms with E-state index in [9.17, 15) is 14.4 Å². The summed E-state index contributed by atoms with van der Waals surface area (Å²) in [6.07, 6.45) is 0. The smallest absolute Gasteiger partial charge is 0.340 e. The van der Waals surface area contributed by atoms with Crippen molar-refractivity contribution in [2.45, 2.75) is 19.9 Å². The number of hydrogen-bond acceptors (Lipinski definition) is 6. The summed E-state index contributed by atoms with van der Waals surface area (Å²) < 4.78 is 7.42. The topological polar surface area (TPSA) is 109 Å². The predicted octanol–water partition coefficient (Wildman–Crippen LogP) is 2.97. The second kappa shape index (κ2) is 7.60. The minimum atomic E-state index is -1.08. The molecule has 1 aliphatic heterocycles. The van der Waals surface area contributed by atoms with Crippen LogP contribution in [0.25, 0.3) is 27.5 Å². The van der Waals surface area contributed by atoms with Crippen LogP contribution in [-0.2, 0) is 9.53 Å². The summed E-state index contributed by atoms with van der Waals surface area (Å²) in [5.74, 6) is -0.911. The molecular weight excluding hydrogens is 444 g/mol. The number of esters is 1. The molecule has 0 saturated heterocycles. The summed E-state index contributed by atoms with van der Waals surface area (Å²) in [7, 11) is 0. The second-order valence-electron chi connectivity index (χ2n) is 7.80. The Labute approximate surface area is 192 Å². The molecule has 2 aromatic heterocycles. The summed E-state index contributed by atoms with van der Waals surface area (Å²) in [6, 6.07) is 12.8. The van der Waals surface area contributed by atoms with Gasteiger partial charge in [0.15, 0.2) is 0 Å². The van der Waals surface area contributed by atoms with Crippen molar-refractivity contribution < 1.29 is 9.53 Å². The van der Waals surface area contributed by atoms with Crippen LogP contribution >= 0.6 is 11.6 Å². The first-order valence-electron chi connectivity index (χ1n) is 10.3. The first-order valence-corrected chi connectivity index (χ1v) is 10.7. The van der Waals surface area contributed by atoms with E-state index in [-0.39, 0.29) is 33.9 Å².